The van der Waals surface area contributed by atoms with Crippen molar-refractivity contribution in [2.24, 2.45) is 0 Å². The summed E-state index contributed by atoms with van der Waals surface area (Å²) in [6.07, 6.45) is 1.16. The van der Waals surface area contributed by atoms with Gasteiger partial charge in [0.05, 0.1) is 0 Å². The van der Waals surface area contributed by atoms with Crippen LogP contribution in [0.25, 0.3) is 0 Å². The van der Waals surface area contributed by atoms with Gasteiger partial charge in [0.1, 0.15) is 17.6 Å². The predicted octanol–water partition coefficient (Wildman–Crippen LogP) is 2.76. The van der Waals surface area contributed by atoms with Crippen LogP contribution in [0, 0.1) is 6.92 Å². The molecule has 0 radical (unpaired) electrons. The molecule has 0 aliphatic heterocycles. The molecule has 1 aromatic rings. The van der Waals surface area contributed by atoms with Crippen molar-refractivity contribution >= 4 is 17.4 Å². The molecule has 0 N–H and O–H groups in total. The molecule has 1 fully saturated rings. The lowest BCUT2D eigenvalue weighted by molar-refractivity contribution is -0.129. The van der Waals surface area contributed by atoms with Crippen LogP contribution in [-0.2, 0) is 4.79 Å². The highest BCUT2D eigenvalue weighted by molar-refractivity contribution is 6.31. The second-order valence-corrected chi connectivity index (χ2v) is 4.00. The molecule has 0 saturated heterocycles. The number of benzene rings is 1. The Morgan fingerprint density at radius 2 is 2.14 bits per heavy atom. The molecule has 2 rings (SSSR count). The number of hydrogen-bond donors (Lipinski definition) is 0. The largest absolute Gasteiger partial charge is 0.490 e. The summed E-state index contributed by atoms with van der Waals surface area (Å²) in [5, 5.41) is 0.738. The molecule has 0 heterocycles. The van der Waals surface area contributed by atoms with Gasteiger partial charge in [-0.2, -0.15) is 0 Å². The van der Waals surface area contributed by atoms with Crippen LogP contribution >= 0.6 is 11.6 Å². The predicted molar refractivity (Wildman–Crippen MR) is 54.8 cm³/mol. The number of halogens is 1. The number of aryl methyl sites for hydroxylation is 1. The maximum Gasteiger partial charge on any atom is 0.140 e. The lowest BCUT2D eigenvalue weighted by Gasteiger charge is -2.25. The Bertz CT molecular complexity index is 366. The number of ether oxygens (including phenoxy) is 1. The molecule has 1 aliphatic carbocycles. The first-order chi connectivity index (χ1) is 6.65. The van der Waals surface area contributed by atoms with Crippen LogP contribution in [0.2, 0.25) is 5.02 Å². The summed E-state index contributed by atoms with van der Waals surface area (Å²) >= 11 is 5.88. The SMILES string of the molecule is Cc1cc(OC2CC(=O)C2)ccc1Cl. The standard InChI is InChI=1S/C11H11ClO2/c1-7-4-9(2-3-11(7)12)14-10-5-8(13)6-10/h2-4,10H,5-6H2,1H3. The average Bonchev–Trinajstić information content (AvgIpc) is 2.09. The zero-order valence-corrected chi connectivity index (χ0v) is 8.67. The number of ketones is 1. The Labute approximate surface area is 87.8 Å². The van der Waals surface area contributed by atoms with Crippen LogP contribution in [0.5, 0.6) is 5.75 Å². The van der Waals surface area contributed by atoms with Gasteiger partial charge in [-0.3, -0.25) is 4.79 Å². The summed E-state index contributed by atoms with van der Waals surface area (Å²) in [6.45, 7) is 1.93. The fraction of sp³-hybridized carbons (Fsp3) is 0.364. The molecule has 0 amide bonds. The Morgan fingerprint density at radius 1 is 1.43 bits per heavy atom. The summed E-state index contributed by atoms with van der Waals surface area (Å²) in [6, 6.07) is 5.54. The van der Waals surface area contributed by atoms with Gasteiger partial charge in [-0.25, -0.2) is 0 Å². The Hall–Kier alpha value is -1.02. The molecular weight excluding hydrogens is 200 g/mol. The first-order valence-electron chi connectivity index (χ1n) is 4.59. The molecule has 0 atom stereocenters. The van der Waals surface area contributed by atoms with Gasteiger partial charge >= 0.3 is 0 Å². The third-order valence-electron chi connectivity index (χ3n) is 2.34. The minimum absolute atomic E-state index is 0.0723. The number of rotatable bonds is 2. The highest BCUT2D eigenvalue weighted by atomic mass is 35.5. The zero-order valence-electron chi connectivity index (χ0n) is 7.92. The normalized spacial score (nSPS) is 16.6. The van der Waals surface area contributed by atoms with Gasteiger partial charge in [0.25, 0.3) is 0 Å². The van der Waals surface area contributed by atoms with Crippen molar-refractivity contribution in [2.75, 3.05) is 0 Å². The molecule has 0 bridgehead atoms. The summed E-state index contributed by atoms with van der Waals surface area (Å²) in [5.41, 5.74) is 0.995. The highest BCUT2D eigenvalue weighted by Crippen LogP contribution is 2.25. The molecule has 0 aromatic heterocycles. The van der Waals surface area contributed by atoms with Crippen molar-refractivity contribution < 1.29 is 9.53 Å². The van der Waals surface area contributed by atoms with E-state index < -0.39 is 0 Å². The fourth-order valence-corrected chi connectivity index (χ4v) is 1.53. The van der Waals surface area contributed by atoms with Crippen molar-refractivity contribution in [1.82, 2.24) is 0 Å². The molecular formula is C11H11ClO2. The first-order valence-corrected chi connectivity index (χ1v) is 4.97. The molecule has 1 aromatic carbocycles. The monoisotopic (exact) mass is 210 g/mol. The zero-order chi connectivity index (χ0) is 10.1. The van der Waals surface area contributed by atoms with Gasteiger partial charge in [0.15, 0.2) is 0 Å². The van der Waals surface area contributed by atoms with E-state index in [1.54, 1.807) is 0 Å². The van der Waals surface area contributed by atoms with Crippen LogP contribution in [0.15, 0.2) is 18.2 Å². The minimum Gasteiger partial charge on any atom is -0.490 e. The third-order valence-corrected chi connectivity index (χ3v) is 2.77. The maximum atomic E-state index is 10.7. The molecule has 74 valence electrons. The number of carbonyl (C=O) groups excluding carboxylic acids is 1. The van der Waals surface area contributed by atoms with E-state index in [0.29, 0.717) is 12.8 Å². The number of carbonyl (C=O) groups is 1. The smallest absolute Gasteiger partial charge is 0.140 e. The van der Waals surface area contributed by atoms with Gasteiger partial charge in [-0.1, -0.05) is 11.6 Å². The van der Waals surface area contributed by atoms with Gasteiger partial charge in [-0.15, -0.1) is 0 Å². The van der Waals surface area contributed by atoms with E-state index in [2.05, 4.69) is 0 Å². The summed E-state index contributed by atoms with van der Waals surface area (Å²) in [5.74, 6) is 1.07. The van der Waals surface area contributed by atoms with Gasteiger partial charge in [0, 0.05) is 17.9 Å². The van der Waals surface area contributed by atoms with Gasteiger partial charge in [0.2, 0.25) is 0 Å². The van der Waals surface area contributed by atoms with Crippen LogP contribution in [0.4, 0.5) is 0 Å². The van der Waals surface area contributed by atoms with Crippen LogP contribution in [0.1, 0.15) is 18.4 Å². The summed E-state index contributed by atoms with van der Waals surface area (Å²) < 4.78 is 5.58. The van der Waals surface area contributed by atoms with E-state index >= 15 is 0 Å². The van der Waals surface area contributed by atoms with Crippen LogP contribution in [0.3, 0.4) is 0 Å². The van der Waals surface area contributed by atoms with Crippen LogP contribution in [-0.4, -0.2) is 11.9 Å². The average molecular weight is 211 g/mol. The maximum absolute atomic E-state index is 10.7. The van der Waals surface area contributed by atoms with E-state index in [0.717, 1.165) is 16.3 Å². The number of hydrogen-bond acceptors (Lipinski definition) is 2. The van der Waals surface area contributed by atoms with Crippen LogP contribution < -0.4 is 4.74 Å². The van der Waals surface area contributed by atoms with E-state index in [-0.39, 0.29) is 11.9 Å². The minimum atomic E-state index is 0.0723. The molecule has 0 unspecified atom stereocenters. The Balaban J connectivity index is 2.03. The molecule has 1 saturated carbocycles. The van der Waals surface area contributed by atoms with E-state index in [9.17, 15) is 4.79 Å². The second-order valence-electron chi connectivity index (χ2n) is 3.60. The topological polar surface area (TPSA) is 26.3 Å². The van der Waals surface area contributed by atoms with Crippen molar-refractivity contribution in [3.05, 3.63) is 28.8 Å². The van der Waals surface area contributed by atoms with Crippen molar-refractivity contribution in [3.63, 3.8) is 0 Å². The molecule has 0 spiro atoms. The molecule has 1 aliphatic rings. The third kappa shape index (κ3) is 1.90. The lowest BCUT2D eigenvalue weighted by Crippen LogP contribution is -2.33. The molecule has 3 heteroatoms. The van der Waals surface area contributed by atoms with Gasteiger partial charge in [-0.05, 0) is 30.7 Å². The molecule has 2 nitrogen and oxygen atoms in total. The van der Waals surface area contributed by atoms with Crippen molar-refractivity contribution in [1.29, 1.82) is 0 Å². The Morgan fingerprint density at radius 3 is 2.71 bits per heavy atom. The number of Topliss-reactive ketones (excluding diaryl/α,β-unsaturated/α-hetero) is 1. The first kappa shape index (κ1) is 9.53. The quantitative estimate of drug-likeness (QED) is 0.751. The lowest BCUT2D eigenvalue weighted by atomic mass is 9.94. The van der Waals surface area contributed by atoms with Gasteiger partial charge < -0.3 is 4.74 Å². The summed E-state index contributed by atoms with van der Waals surface area (Å²) in [7, 11) is 0. The van der Waals surface area contributed by atoms with E-state index in [4.69, 9.17) is 16.3 Å². The highest BCUT2D eigenvalue weighted by Gasteiger charge is 2.28. The van der Waals surface area contributed by atoms with E-state index in [1.165, 1.54) is 0 Å². The fourth-order valence-electron chi connectivity index (χ4n) is 1.41. The van der Waals surface area contributed by atoms with E-state index in [1.807, 2.05) is 25.1 Å². The molecule has 14 heavy (non-hydrogen) atoms. The van der Waals surface area contributed by atoms with Crippen molar-refractivity contribution in [2.45, 2.75) is 25.9 Å². The Kier molecular flexibility index (Phi) is 2.46. The summed E-state index contributed by atoms with van der Waals surface area (Å²) in [4.78, 5) is 10.7. The second kappa shape index (κ2) is 3.62. The van der Waals surface area contributed by atoms with Crippen molar-refractivity contribution in [3.8, 4) is 5.75 Å².